The Hall–Kier alpha value is -2.13. The third kappa shape index (κ3) is 3.37. The number of methoxy groups -OCH3 is 1. The van der Waals surface area contributed by atoms with Crippen LogP contribution >= 0.6 is 0 Å². The first kappa shape index (κ1) is 14.8. The Morgan fingerprint density at radius 1 is 1.09 bits per heavy atom. The van der Waals surface area contributed by atoms with Crippen molar-refractivity contribution < 1.29 is 9.53 Å². The molecule has 22 heavy (non-hydrogen) atoms. The molecule has 114 valence electrons. The molecule has 2 aromatic carbocycles. The van der Waals surface area contributed by atoms with Crippen molar-refractivity contribution in [1.29, 1.82) is 0 Å². The van der Waals surface area contributed by atoms with Crippen LogP contribution in [0.4, 0.5) is 0 Å². The lowest BCUT2D eigenvalue weighted by Gasteiger charge is -2.35. The average molecular weight is 295 g/mol. The molecule has 0 unspecified atom stereocenters. The number of likely N-dealkylation sites (tertiary alicyclic amines) is 1. The van der Waals surface area contributed by atoms with Gasteiger partial charge in [-0.25, -0.2) is 0 Å². The van der Waals surface area contributed by atoms with Gasteiger partial charge in [-0.15, -0.1) is 0 Å². The van der Waals surface area contributed by atoms with Crippen LogP contribution in [-0.4, -0.2) is 24.3 Å². The number of piperidine rings is 1. The molecular formula is C19H21NO2. The predicted molar refractivity (Wildman–Crippen MR) is 86.8 cm³/mol. The summed E-state index contributed by atoms with van der Waals surface area (Å²) in [6.45, 7) is 1.70. The lowest BCUT2D eigenvalue weighted by Crippen LogP contribution is -2.36. The number of ether oxygens (including phenoxy) is 1. The van der Waals surface area contributed by atoms with E-state index < -0.39 is 0 Å². The minimum atomic E-state index is 0.160. The number of benzene rings is 2. The highest BCUT2D eigenvalue weighted by atomic mass is 16.5. The van der Waals surface area contributed by atoms with Gasteiger partial charge in [-0.2, -0.15) is 0 Å². The number of rotatable bonds is 4. The van der Waals surface area contributed by atoms with Crippen molar-refractivity contribution in [2.45, 2.75) is 25.4 Å². The molecule has 1 aliphatic heterocycles. The van der Waals surface area contributed by atoms with Gasteiger partial charge in [0.2, 0.25) is 0 Å². The Balaban J connectivity index is 1.81. The molecule has 3 nitrogen and oxygen atoms in total. The Bertz CT molecular complexity index is 622. The van der Waals surface area contributed by atoms with Gasteiger partial charge in [0.05, 0.1) is 7.11 Å². The fraction of sp³-hybridized carbons (Fsp3) is 0.316. The summed E-state index contributed by atoms with van der Waals surface area (Å²) in [4.78, 5) is 14.3. The van der Waals surface area contributed by atoms with Crippen LogP contribution in [0.25, 0.3) is 0 Å². The summed E-state index contributed by atoms with van der Waals surface area (Å²) < 4.78 is 5.22. The summed E-state index contributed by atoms with van der Waals surface area (Å²) >= 11 is 0. The second kappa shape index (κ2) is 6.75. The minimum Gasteiger partial charge on any atom is -0.497 e. The van der Waals surface area contributed by atoms with E-state index in [9.17, 15) is 4.79 Å². The maximum Gasteiger partial charge on any atom is 0.136 e. The number of carbonyl (C=O) groups is 1. The zero-order valence-corrected chi connectivity index (χ0v) is 12.9. The molecule has 1 atom stereocenters. The summed E-state index contributed by atoms with van der Waals surface area (Å²) in [5.74, 6) is 1.20. The zero-order valence-electron chi connectivity index (χ0n) is 12.9. The zero-order chi connectivity index (χ0) is 15.4. The molecule has 3 rings (SSSR count). The molecule has 3 heteroatoms. The van der Waals surface area contributed by atoms with Gasteiger partial charge in [0.1, 0.15) is 11.5 Å². The minimum absolute atomic E-state index is 0.160. The van der Waals surface area contributed by atoms with E-state index in [0.717, 1.165) is 18.8 Å². The van der Waals surface area contributed by atoms with E-state index in [0.29, 0.717) is 18.6 Å². The van der Waals surface area contributed by atoms with Crippen LogP contribution in [0.1, 0.15) is 30.0 Å². The fourth-order valence-electron chi connectivity index (χ4n) is 3.03. The van der Waals surface area contributed by atoms with Crippen molar-refractivity contribution in [2.24, 2.45) is 0 Å². The third-order valence-corrected chi connectivity index (χ3v) is 4.27. The molecule has 1 heterocycles. The van der Waals surface area contributed by atoms with Crippen LogP contribution in [0.3, 0.4) is 0 Å². The summed E-state index contributed by atoms with van der Waals surface area (Å²) in [6.07, 6.45) is 1.25. The maximum atomic E-state index is 11.9. The second-order valence-corrected chi connectivity index (χ2v) is 5.74. The molecule has 1 fully saturated rings. The summed E-state index contributed by atoms with van der Waals surface area (Å²) in [5, 5.41) is 0. The van der Waals surface area contributed by atoms with Crippen molar-refractivity contribution in [1.82, 2.24) is 4.90 Å². The van der Waals surface area contributed by atoms with Crippen LogP contribution in [0.2, 0.25) is 0 Å². The second-order valence-electron chi connectivity index (χ2n) is 5.74. The lowest BCUT2D eigenvalue weighted by atomic mass is 9.93. The molecule has 0 bridgehead atoms. The molecule has 1 saturated heterocycles. The summed E-state index contributed by atoms with van der Waals surface area (Å²) in [7, 11) is 1.67. The predicted octanol–water partition coefficient (Wildman–Crippen LogP) is 3.60. The van der Waals surface area contributed by atoms with Gasteiger partial charge in [0.15, 0.2) is 0 Å². The maximum absolute atomic E-state index is 11.9. The Kier molecular flexibility index (Phi) is 4.54. The normalized spacial score (nSPS) is 19.1. The quantitative estimate of drug-likeness (QED) is 0.863. The van der Waals surface area contributed by atoms with E-state index in [4.69, 9.17) is 4.74 Å². The summed E-state index contributed by atoms with van der Waals surface area (Å²) in [5.41, 5.74) is 2.47. The monoisotopic (exact) mass is 295 g/mol. The van der Waals surface area contributed by atoms with E-state index in [1.807, 2.05) is 18.2 Å². The van der Waals surface area contributed by atoms with E-state index in [1.165, 1.54) is 11.1 Å². The van der Waals surface area contributed by atoms with Crippen LogP contribution in [0.5, 0.6) is 5.75 Å². The molecule has 0 spiro atoms. The van der Waals surface area contributed by atoms with Gasteiger partial charge in [-0.05, 0) is 23.3 Å². The van der Waals surface area contributed by atoms with Gasteiger partial charge in [0, 0.05) is 32.0 Å². The largest absolute Gasteiger partial charge is 0.497 e. The Morgan fingerprint density at radius 3 is 2.50 bits per heavy atom. The third-order valence-electron chi connectivity index (χ3n) is 4.27. The SMILES string of the molecule is COc1ccc([C@H]2CC(=O)CCN2Cc2ccccc2)cc1. The van der Waals surface area contributed by atoms with E-state index in [1.54, 1.807) is 7.11 Å². The highest BCUT2D eigenvalue weighted by Crippen LogP contribution is 2.31. The number of hydrogen-bond donors (Lipinski definition) is 0. The van der Waals surface area contributed by atoms with Gasteiger partial charge in [0.25, 0.3) is 0 Å². The number of nitrogens with zero attached hydrogens (tertiary/aromatic N) is 1. The Labute approximate surface area is 131 Å². The highest BCUT2D eigenvalue weighted by molar-refractivity contribution is 5.80. The van der Waals surface area contributed by atoms with Gasteiger partial charge >= 0.3 is 0 Å². The first-order valence-corrected chi connectivity index (χ1v) is 7.70. The lowest BCUT2D eigenvalue weighted by molar-refractivity contribution is -0.123. The molecule has 1 aliphatic rings. The van der Waals surface area contributed by atoms with Crippen molar-refractivity contribution in [3.63, 3.8) is 0 Å². The molecule has 0 aromatic heterocycles. The van der Waals surface area contributed by atoms with Crippen molar-refractivity contribution in [3.8, 4) is 5.75 Å². The highest BCUT2D eigenvalue weighted by Gasteiger charge is 2.28. The average Bonchev–Trinajstić information content (AvgIpc) is 2.57. The van der Waals surface area contributed by atoms with Crippen molar-refractivity contribution >= 4 is 5.78 Å². The van der Waals surface area contributed by atoms with Crippen LogP contribution < -0.4 is 4.74 Å². The number of hydrogen-bond acceptors (Lipinski definition) is 3. The molecule has 0 amide bonds. The topological polar surface area (TPSA) is 29.5 Å². The summed E-state index contributed by atoms with van der Waals surface area (Å²) in [6, 6.07) is 18.7. The number of carbonyl (C=O) groups excluding carboxylic acids is 1. The standard InChI is InChI=1S/C19H21NO2/c1-22-18-9-7-16(8-10-18)19-13-17(21)11-12-20(19)14-15-5-3-2-4-6-15/h2-10,19H,11-14H2,1H3/t19-/m1/s1. The van der Waals surface area contributed by atoms with E-state index in [2.05, 4.69) is 41.3 Å². The van der Waals surface area contributed by atoms with E-state index >= 15 is 0 Å². The van der Waals surface area contributed by atoms with Crippen LogP contribution in [0, 0.1) is 0 Å². The number of ketones is 1. The molecule has 0 aliphatic carbocycles. The molecule has 0 N–H and O–H groups in total. The smallest absolute Gasteiger partial charge is 0.136 e. The fourth-order valence-corrected chi connectivity index (χ4v) is 3.03. The first-order chi connectivity index (χ1) is 10.8. The van der Waals surface area contributed by atoms with Crippen LogP contribution in [0.15, 0.2) is 54.6 Å². The molecule has 0 saturated carbocycles. The van der Waals surface area contributed by atoms with Crippen LogP contribution in [-0.2, 0) is 11.3 Å². The van der Waals surface area contributed by atoms with Gasteiger partial charge < -0.3 is 4.74 Å². The molecule has 2 aromatic rings. The number of Topliss-reactive ketones (excluding diaryl/α,β-unsaturated/α-hetero) is 1. The first-order valence-electron chi connectivity index (χ1n) is 7.70. The molecular weight excluding hydrogens is 274 g/mol. The Morgan fingerprint density at radius 2 is 1.82 bits per heavy atom. The van der Waals surface area contributed by atoms with Gasteiger partial charge in [-0.1, -0.05) is 42.5 Å². The van der Waals surface area contributed by atoms with Gasteiger partial charge in [-0.3, -0.25) is 9.69 Å². The van der Waals surface area contributed by atoms with Crippen molar-refractivity contribution in [2.75, 3.05) is 13.7 Å². The molecule has 0 radical (unpaired) electrons. The van der Waals surface area contributed by atoms with Crippen molar-refractivity contribution in [3.05, 3.63) is 65.7 Å². The van der Waals surface area contributed by atoms with E-state index in [-0.39, 0.29) is 6.04 Å².